The number of pyridine rings is 1. The van der Waals surface area contributed by atoms with Crippen molar-refractivity contribution < 1.29 is 4.79 Å². The number of imidazole rings is 1. The van der Waals surface area contributed by atoms with E-state index in [1.54, 1.807) is 16.8 Å². The van der Waals surface area contributed by atoms with Crippen LogP contribution in [0.2, 0.25) is 0 Å². The average Bonchev–Trinajstić information content (AvgIpc) is 2.49. The lowest BCUT2D eigenvalue weighted by atomic mass is 10.4. The number of nitrogen functional groups attached to an aromatic ring is 1. The van der Waals surface area contributed by atoms with Crippen LogP contribution in [-0.2, 0) is 11.3 Å². The van der Waals surface area contributed by atoms with E-state index in [4.69, 9.17) is 11.5 Å². The molecule has 0 saturated carbocycles. The summed E-state index contributed by atoms with van der Waals surface area (Å²) >= 11 is 0. The molecule has 0 aliphatic rings. The van der Waals surface area contributed by atoms with Crippen molar-refractivity contribution in [2.45, 2.75) is 6.54 Å². The van der Waals surface area contributed by atoms with E-state index in [0.29, 0.717) is 11.3 Å². The van der Waals surface area contributed by atoms with Gasteiger partial charge in [-0.05, 0) is 6.07 Å². The predicted molar refractivity (Wildman–Crippen MR) is 51.1 cm³/mol. The zero-order chi connectivity index (χ0) is 10.1. The summed E-state index contributed by atoms with van der Waals surface area (Å²) in [6, 6.07) is 1.74. The first-order valence-corrected chi connectivity index (χ1v) is 4.02. The molecule has 0 spiro atoms. The molecule has 0 aromatic carbocycles. The van der Waals surface area contributed by atoms with Crippen LogP contribution < -0.4 is 11.5 Å². The topological polar surface area (TPSA) is 99.8 Å². The molecule has 72 valence electrons. The summed E-state index contributed by atoms with van der Waals surface area (Å²) in [5, 5.41) is 0. The molecule has 1 amide bonds. The minimum atomic E-state index is -0.417. The summed E-state index contributed by atoms with van der Waals surface area (Å²) in [4.78, 5) is 18.6. The Morgan fingerprint density at radius 2 is 2.29 bits per heavy atom. The largest absolute Gasteiger partial charge is 0.382 e. The summed E-state index contributed by atoms with van der Waals surface area (Å²) in [5.74, 6) is -0.0644. The third-order valence-corrected chi connectivity index (χ3v) is 1.89. The van der Waals surface area contributed by atoms with Gasteiger partial charge >= 0.3 is 0 Å². The van der Waals surface area contributed by atoms with Crippen molar-refractivity contribution in [2.75, 3.05) is 5.73 Å². The molecule has 0 aliphatic heterocycles. The maximum Gasteiger partial charge on any atom is 0.237 e. The van der Waals surface area contributed by atoms with Crippen molar-refractivity contribution in [2.24, 2.45) is 5.73 Å². The molecule has 0 fully saturated rings. The highest BCUT2D eigenvalue weighted by molar-refractivity contribution is 5.85. The van der Waals surface area contributed by atoms with E-state index >= 15 is 0 Å². The first kappa shape index (κ1) is 8.49. The number of nitrogens with zero attached hydrogens (tertiary/aromatic N) is 3. The number of carbonyl (C=O) groups is 1. The van der Waals surface area contributed by atoms with Crippen LogP contribution in [0.3, 0.4) is 0 Å². The Hall–Kier alpha value is -2.11. The van der Waals surface area contributed by atoms with Crippen LogP contribution in [0.25, 0.3) is 11.0 Å². The minimum Gasteiger partial charge on any atom is -0.382 e. The molecule has 0 saturated heterocycles. The van der Waals surface area contributed by atoms with Gasteiger partial charge in [0.15, 0.2) is 5.82 Å². The van der Waals surface area contributed by atoms with E-state index in [9.17, 15) is 4.79 Å². The van der Waals surface area contributed by atoms with Gasteiger partial charge in [-0.1, -0.05) is 0 Å². The van der Waals surface area contributed by atoms with Gasteiger partial charge in [0.2, 0.25) is 5.91 Å². The number of aromatic nitrogens is 3. The maximum absolute atomic E-state index is 10.7. The molecule has 2 rings (SSSR count). The van der Waals surface area contributed by atoms with Gasteiger partial charge < -0.3 is 16.0 Å². The van der Waals surface area contributed by atoms with Crippen LogP contribution in [0.1, 0.15) is 0 Å². The molecular weight excluding hydrogens is 182 g/mol. The molecule has 0 aliphatic carbocycles. The molecule has 0 bridgehead atoms. The third kappa shape index (κ3) is 1.26. The molecule has 2 aromatic heterocycles. The van der Waals surface area contributed by atoms with Gasteiger partial charge in [0, 0.05) is 6.20 Å². The Morgan fingerprint density at radius 1 is 1.50 bits per heavy atom. The lowest BCUT2D eigenvalue weighted by molar-refractivity contribution is -0.118. The average molecular weight is 191 g/mol. The number of anilines is 1. The van der Waals surface area contributed by atoms with Crippen molar-refractivity contribution in [3.05, 3.63) is 18.6 Å². The molecule has 14 heavy (non-hydrogen) atoms. The Morgan fingerprint density at radius 3 is 3.00 bits per heavy atom. The molecule has 2 heterocycles. The van der Waals surface area contributed by atoms with E-state index in [-0.39, 0.29) is 6.54 Å². The normalized spacial score (nSPS) is 10.6. The Bertz CT molecular complexity index is 489. The standard InChI is InChI=1S/C8H9N5O/c9-6(14)3-13-4-12-7-5(13)1-2-11-8(7)10/h1-2,4H,3H2,(H2,9,14)(H2,10,11). The van der Waals surface area contributed by atoms with Crippen molar-refractivity contribution >= 4 is 22.8 Å². The highest BCUT2D eigenvalue weighted by atomic mass is 16.1. The predicted octanol–water partition coefficient (Wildman–Crippen LogP) is -0.501. The van der Waals surface area contributed by atoms with Crippen LogP contribution in [0, 0.1) is 0 Å². The van der Waals surface area contributed by atoms with Gasteiger partial charge in [-0.25, -0.2) is 9.97 Å². The summed E-state index contributed by atoms with van der Waals surface area (Å²) in [5.41, 5.74) is 12.0. The minimum absolute atomic E-state index is 0.0972. The van der Waals surface area contributed by atoms with Gasteiger partial charge in [-0.3, -0.25) is 4.79 Å². The second kappa shape index (κ2) is 2.99. The lowest BCUT2D eigenvalue weighted by Gasteiger charge is -1.99. The van der Waals surface area contributed by atoms with Gasteiger partial charge in [0.25, 0.3) is 0 Å². The Balaban J connectivity index is 2.58. The summed E-state index contributed by atoms with van der Waals surface area (Å²) in [6.07, 6.45) is 3.09. The van der Waals surface area contributed by atoms with Crippen LogP contribution >= 0.6 is 0 Å². The van der Waals surface area contributed by atoms with Crippen molar-refractivity contribution in [1.82, 2.24) is 14.5 Å². The van der Waals surface area contributed by atoms with E-state index in [0.717, 1.165) is 5.52 Å². The fourth-order valence-electron chi connectivity index (χ4n) is 1.31. The molecule has 0 radical (unpaired) electrons. The second-order valence-corrected chi connectivity index (χ2v) is 2.90. The van der Waals surface area contributed by atoms with Crippen LogP contribution in [0.4, 0.5) is 5.82 Å². The maximum atomic E-state index is 10.7. The van der Waals surface area contributed by atoms with Crippen LogP contribution in [0.5, 0.6) is 0 Å². The number of carbonyl (C=O) groups excluding carboxylic acids is 1. The quantitative estimate of drug-likeness (QED) is 0.668. The molecule has 0 atom stereocenters. The summed E-state index contributed by atoms with van der Waals surface area (Å²) < 4.78 is 1.63. The van der Waals surface area contributed by atoms with Crippen molar-refractivity contribution in [3.8, 4) is 0 Å². The van der Waals surface area contributed by atoms with E-state index in [1.165, 1.54) is 6.33 Å². The molecule has 6 heteroatoms. The number of fused-ring (bicyclic) bond motifs is 1. The third-order valence-electron chi connectivity index (χ3n) is 1.89. The molecule has 0 unspecified atom stereocenters. The molecular formula is C8H9N5O. The number of amides is 1. The smallest absolute Gasteiger partial charge is 0.237 e. The fourth-order valence-corrected chi connectivity index (χ4v) is 1.31. The number of hydrogen-bond acceptors (Lipinski definition) is 4. The highest BCUT2D eigenvalue weighted by Gasteiger charge is 2.06. The van der Waals surface area contributed by atoms with Crippen LogP contribution in [-0.4, -0.2) is 20.4 Å². The van der Waals surface area contributed by atoms with Crippen molar-refractivity contribution in [1.29, 1.82) is 0 Å². The zero-order valence-corrected chi connectivity index (χ0v) is 7.34. The number of hydrogen-bond donors (Lipinski definition) is 2. The number of nitrogens with two attached hydrogens (primary N) is 2. The molecule has 6 nitrogen and oxygen atoms in total. The molecule has 4 N–H and O–H groups in total. The second-order valence-electron chi connectivity index (χ2n) is 2.90. The van der Waals surface area contributed by atoms with Gasteiger partial charge in [0.1, 0.15) is 12.1 Å². The Labute approximate surface area is 79.5 Å². The molecule has 2 aromatic rings. The monoisotopic (exact) mass is 191 g/mol. The fraction of sp³-hybridized carbons (Fsp3) is 0.125. The van der Waals surface area contributed by atoms with E-state index in [2.05, 4.69) is 9.97 Å². The first-order chi connectivity index (χ1) is 6.68. The van der Waals surface area contributed by atoms with Crippen molar-refractivity contribution in [3.63, 3.8) is 0 Å². The van der Waals surface area contributed by atoms with E-state index in [1.807, 2.05) is 0 Å². The Kier molecular flexibility index (Phi) is 1.81. The lowest BCUT2D eigenvalue weighted by Crippen LogP contribution is -2.17. The number of rotatable bonds is 2. The van der Waals surface area contributed by atoms with E-state index < -0.39 is 5.91 Å². The summed E-state index contributed by atoms with van der Waals surface area (Å²) in [6.45, 7) is 0.0972. The summed E-state index contributed by atoms with van der Waals surface area (Å²) in [7, 11) is 0. The highest BCUT2D eigenvalue weighted by Crippen LogP contribution is 2.15. The first-order valence-electron chi connectivity index (χ1n) is 4.02. The van der Waals surface area contributed by atoms with Crippen LogP contribution in [0.15, 0.2) is 18.6 Å². The number of primary amides is 1. The van der Waals surface area contributed by atoms with Gasteiger partial charge in [-0.15, -0.1) is 0 Å². The van der Waals surface area contributed by atoms with Gasteiger partial charge in [0.05, 0.1) is 11.8 Å². The van der Waals surface area contributed by atoms with Gasteiger partial charge in [-0.2, -0.15) is 0 Å². The zero-order valence-electron chi connectivity index (χ0n) is 7.34. The SMILES string of the molecule is NC(=O)Cn1cnc2c(N)nccc21.